The molecule has 2 heterocycles. The summed E-state index contributed by atoms with van der Waals surface area (Å²) in [7, 11) is 0. The smallest absolute Gasteiger partial charge is 0.167 e. The molecule has 0 saturated carbocycles. The van der Waals surface area contributed by atoms with E-state index >= 15 is 0 Å². The second-order valence-electron chi connectivity index (χ2n) is 5.19. The first-order chi connectivity index (χ1) is 9.18. The van der Waals surface area contributed by atoms with Crippen LogP contribution in [0.2, 0.25) is 0 Å². The summed E-state index contributed by atoms with van der Waals surface area (Å²) >= 11 is 0. The molecule has 1 unspecified atom stereocenters. The van der Waals surface area contributed by atoms with Gasteiger partial charge in [-0.1, -0.05) is 26.0 Å². The number of nitrogens with zero attached hydrogens (tertiary/aromatic N) is 3. The molecule has 1 aliphatic heterocycles. The van der Waals surface area contributed by atoms with Gasteiger partial charge < -0.3 is 9.88 Å². The Bertz CT molecular complexity index is 591. The largest absolute Gasteiger partial charge is 0.308 e. The first-order valence-corrected chi connectivity index (χ1v) is 6.60. The zero-order valence-electron chi connectivity index (χ0n) is 11.1. The Balaban J connectivity index is 2.09. The molecule has 1 aromatic heterocycles. The number of hydrogen-bond acceptors (Lipinski definition) is 3. The second-order valence-corrected chi connectivity index (χ2v) is 5.19. The molecular weight excluding hydrogens is 243 g/mol. The van der Waals surface area contributed by atoms with E-state index in [1.165, 1.54) is 6.07 Å². The van der Waals surface area contributed by atoms with Gasteiger partial charge in [-0.2, -0.15) is 0 Å². The summed E-state index contributed by atoms with van der Waals surface area (Å²) in [5, 5.41) is 11.9. The van der Waals surface area contributed by atoms with Crippen LogP contribution >= 0.6 is 0 Å². The van der Waals surface area contributed by atoms with Crippen molar-refractivity contribution in [3.8, 4) is 11.4 Å². The van der Waals surface area contributed by atoms with Gasteiger partial charge in [0.05, 0.1) is 11.6 Å². The van der Waals surface area contributed by atoms with Gasteiger partial charge in [0.2, 0.25) is 0 Å². The predicted octanol–water partition coefficient (Wildman–Crippen LogP) is 2.38. The van der Waals surface area contributed by atoms with E-state index in [1.807, 2.05) is 10.6 Å². The van der Waals surface area contributed by atoms with E-state index in [0.717, 1.165) is 18.9 Å². The molecule has 1 aliphatic rings. The lowest BCUT2D eigenvalue weighted by atomic mass is 10.0. The molecule has 4 nitrogen and oxygen atoms in total. The second kappa shape index (κ2) is 4.74. The SMILES string of the molecule is CC(C)C1NCCn2c(-c3ccccc3F)nnc21. The minimum Gasteiger partial charge on any atom is -0.308 e. The Morgan fingerprint density at radius 1 is 1.32 bits per heavy atom. The molecule has 2 aromatic rings. The molecule has 0 amide bonds. The molecule has 0 saturated heterocycles. The zero-order chi connectivity index (χ0) is 13.4. The highest BCUT2D eigenvalue weighted by molar-refractivity contribution is 5.56. The van der Waals surface area contributed by atoms with Crippen LogP contribution < -0.4 is 5.32 Å². The van der Waals surface area contributed by atoms with Gasteiger partial charge in [-0.25, -0.2) is 4.39 Å². The Morgan fingerprint density at radius 3 is 2.84 bits per heavy atom. The van der Waals surface area contributed by atoms with Crippen LogP contribution in [-0.2, 0) is 6.54 Å². The summed E-state index contributed by atoms with van der Waals surface area (Å²) < 4.78 is 15.9. The average Bonchev–Trinajstić information content (AvgIpc) is 2.82. The van der Waals surface area contributed by atoms with Crippen molar-refractivity contribution in [3.63, 3.8) is 0 Å². The number of fused-ring (bicyclic) bond motifs is 1. The fraction of sp³-hybridized carbons (Fsp3) is 0.429. The lowest BCUT2D eigenvalue weighted by Gasteiger charge is -2.27. The van der Waals surface area contributed by atoms with Gasteiger partial charge in [0.25, 0.3) is 0 Å². The van der Waals surface area contributed by atoms with Crippen LogP contribution in [-0.4, -0.2) is 21.3 Å². The molecule has 1 atom stereocenters. The number of aromatic nitrogens is 3. The first kappa shape index (κ1) is 12.3. The van der Waals surface area contributed by atoms with Crippen molar-refractivity contribution in [2.75, 3.05) is 6.54 Å². The first-order valence-electron chi connectivity index (χ1n) is 6.60. The quantitative estimate of drug-likeness (QED) is 0.901. The molecule has 0 spiro atoms. The highest BCUT2D eigenvalue weighted by Gasteiger charge is 2.28. The third-order valence-electron chi connectivity index (χ3n) is 3.54. The highest BCUT2D eigenvalue weighted by atomic mass is 19.1. The molecule has 19 heavy (non-hydrogen) atoms. The molecule has 0 fully saturated rings. The fourth-order valence-electron chi connectivity index (χ4n) is 2.56. The van der Waals surface area contributed by atoms with Crippen molar-refractivity contribution in [1.82, 2.24) is 20.1 Å². The zero-order valence-corrected chi connectivity index (χ0v) is 11.1. The van der Waals surface area contributed by atoms with E-state index < -0.39 is 0 Å². The lowest BCUT2D eigenvalue weighted by Crippen LogP contribution is -2.36. The van der Waals surface area contributed by atoms with Gasteiger partial charge in [-0.15, -0.1) is 10.2 Å². The maximum absolute atomic E-state index is 13.9. The van der Waals surface area contributed by atoms with Crippen molar-refractivity contribution in [1.29, 1.82) is 0 Å². The molecule has 0 radical (unpaired) electrons. The van der Waals surface area contributed by atoms with Gasteiger partial charge in [-0.05, 0) is 18.1 Å². The topological polar surface area (TPSA) is 42.7 Å². The number of halogens is 1. The summed E-state index contributed by atoms with van der Waals surface area (Å²) in [6.07, 6.45) is 0. The summed E-state index contributed by atoms with van der Waals surface area (Å²) in [6, 6.07) is 6.89. The molecule has 1 aromatic carbocycles. The normalized spacial score (nSPS) is 18.6. The number of rotatable bonds is 2. The van der Waals surface area contributed by atoms with E-state index in [0.29, 0.717) is 17.3 Å². The summed E-state index contributed by atoms with van der Waals surface area (Å²) in [5.41, 5.74) is 0.519. The van der Waals surface area contributed by atoms with Crippen LogP contribution in [0.15, 0.2) is 24.3 Å². The van der Waals surface area contributed by atoms with Crippen LogP contribution in [0, 0.1) is 11.7 Å². The maximum atomic E-state index is 13.9. The Morgan fingerprint density at radius 2 is 2.11 bits per heavy atom. The van der Waals surface area contributed by atoms with Crippen molar-refractivity contribution >= 4 is 0 Å². The molecule has 5 heteroatoms. The molecule has 1 N–H and O–H groups in total. The molecule has 0 bridgehead atoms. The highest BCUT2D eigenvalue weighted by Crippen LogP contribution is 2.28. The van der Waals surface area contributed by atoms with Gasteiger partial charge in [0.1, 0.15) is 5.82 Å². The van der Waals surface area contributed by atoms with Crippen LogP contribution in [0.3, 0.4) is 0 Å². The Kier molecular flexibility index (Phi) is 3.06. The Labute approximate surface area is 111 Å². The van der Waals surface area contributed by atoms with Crippen LogP contribution in [0.4, 0.5) is 4.39 Å². The van der Waals surface area contributed by atoms with Crippen LogP contribution in [0.1, 0.15) is 25.7 Å². The van der Waals surface area contributed by atoms with Gasteiger partial charge >= 0.3 is 0 Å². The molecular formula is C14H17FN4. The standard InChI is InChI=1S/C14H17FN4/c1-9(2)12-14-18-17-13(19(14)8-7-16-12)10-5-3-4-6-11(10)15/h3-6,9,12,16H,7-8H2,1-2H3. The van der Waals surface area contributed by atoms with Gasteiger partial charge in [0, 0.05) is 13.1 Å². The summed E-state index contributed by atoms with van der Waals surface area (Å²) in [6.45, 7) is 5.92. The summed E-state index contributed by atoms with van der Waals surface area (Å²) in [4.78, 5) is 0. The minimum atomic E-state index is -0.252. The third-order valence-corrected chi connectivity index (χ3v) is 3.54. The van der Waals surface area contributed by atoms with Crippen LogP contribution in [0.5, 0.6) is 0 Å². The van der Waals surface area contributed by atoms with E-state index in [-0.39, 0.29) is 11.9 Å². The molecule has 100 valence electrons. The van der Waals surface area contributed by atoms with E-state index in [4.69, 9.17) is 0 Å². The fourth-order valence-corrected chi connectivity index (χ4v) is 2.56. The van der Waals surface area contributed by atoms with Crippen molar-refractivity contribution in [3.05, 3.63) is 35.9 Å². The average molecular weight is 260 g/mol. The maximum Gasteiger partial charge on any atom is 0.167 e. The number of nitrogens with one attached hydrogen (secondary N) is 1. The molecule has 0 aliphatic carbocycles. The Hall–Kier alpha value is -1.75. The summed E-state index contributed by atoms with van der Waals surface area (Å²) in [5.74, 6) is 1.70. The van der Waals surface area contributed by atoms with Crippen molar-refractivity contribution < 1.29 is 4.39 Å². The van der Waals surface area contributed by atoms with E-state index in [1.54, 1.807) is 12.1 Å². The van der Waals surface area contributed by atoms with Crippen molar-refractivity contribution in [2.45, 2.75) is 26.4 Å². The number of benzene rings is 1. The minimum absolute atomic E-state index is 0.182. The van der Waals surface area contributed by atoms with Gasteiger partial charge in [0.15, 0.2) is 11.6 Å². The molecule has 3 rings (SSSR count). The monoisotopic (exact) mass is 260 g/mol. The lowest BCUT2D eigenvalue weighted by molar-refractivity contribution is 0.339. The number of hydrogen-bond donors (Lipinski definition) is 1. The van der Waals surface area contributed by atoms with Crippen LogP contribution in [0.25, 0.3) is 11.4 Å². The van der Waals surface area contributed by atoms with E-state index in [2.05, 4.69) is 29.4 Å². The van der Waals surface area contributed by atoms with Crippen molar-refractivity contribution in [2.24, 2.45) is 5.92 Å². The predicted molar refractivity (Wildman–Crippen MR) is 71.0 cm³/mol. The van der Waals surface area contributed by atoms with Gasteiger partial charge in [-0.3, -0.25) is 0 Å². The van der Waals surface area contributed by atoms with E-state index in [9.17, 15) is 4.39 Å². The third kappa shape index (κ3) is 2.04.